The van der Waals surface area contributed by atoms with Gasteiger partial charge in [0, 0.05) is 12.1 Å². The van der Waals surface area contributed by atoms with E-state index < -0.39 is 26.1 Å². The maximum atomic E-state index is 13.5. The average Bonchev–Trinajstić information content (AvgIpc) is 3.26. The zero-order valence-corrected chi connectivity index (χ0v) is 20.0. The number of hydrogen-bond donors (Lipinski definition) is 1. The van der Waals surface area contributed by atoms with Crippen molar-refractivity contribution in [1.29, 1.82) is 0 Å². The van der Waals surface area contributed by atoms with Crippen LogP contribution in [0.1, 0.15) is 36.1 Å². The van der Waals surface area contributed by atoms with Gasteiger partial charge in [-0.15, -0.1) is 0 Å². The molecule has 0 aromatic heterocycles. The minimum Gasteiger partial charge on any atom is -0.284 e. The zero-order chi connectivity index (χ0) is 23.6. The molecule has 33 heavy (non-hydrogen) atoms. The molecule has 1 aliphatic heterocycles. The summed E-state index contributed by atoms with van der Waals surface area (Å²) in [5.74, 6) is -0.0450. The molecular formula is C24H25N3O4S2. The summed E-state index contributed by atoms with van der Waals surface area (Å²) in [6.45, 7) is 3.51. The van der Waals surface area contributed by atoms with Crippen molar-refractivity contribution in [2.45, 2.75) is 31.2 Å². The van der Waals surface area contributed by atoms with Gasteiger partial charge in [-0.2, -0.15) is 17.9 Å². The van der Waals surface area contributed by atoms with Crippen LogP contribution < -0.4 is 4.72 Å². The lowest BCUT2D eigenvalue weighted by atomic mass is 9.96. The molecule has 0 bridgehead atoms. The summed E-state index contributed by atoms with van der Waals surface area (Å²) in [5, 5.41) is 4.55. The lowest BCUT2D eigenvalue weighted by Gasteiger charge is -2.24. The van der Waals surface area contributed by atoms with Gasteiger partial charge >= 0.3 is 0 Å². The largest absolute Gasteiger partial charge is 0.284 e. The Kier molecular flexibility index (Phi) is 6.27. The minimum absolute atomic E-state index is 0.0450. The van der Waals surface area contributed by atoms with Gasteiger partial charge in [-0.05, 0) is 54.8 Å². The van der Waals surface area contributed by atoms with E-state index >= 15 is 0 Å². The van der Waals surface area contributed by atoms with Crippen LogP contribution in [0.4, 0.5) is 5.69 Å². The van der Waals surface area contributed by atoms with Crippen LogP contribution in [-0.2, 0) is 20.0 Å². The summed E-state index contributed by atoms with van der Waals surface area (Å²) in [4.78, 5) is 0.165. The fourth-order valence-electron chi connectivity index (χ4n) is 3.79. The van der Waals surface area contributed by atoms with E-state index in [1.807, 2.05) is 31.2 Å². The van der Waals surface area contributed by atoms with E-state index in [-0.39, 0.29) is 10.6 Å². The number of rotatable bonds is 7. The molecule has 0 spiro atoms. The third-order valence-corrected chi connectivity index (χ3v) is 8.56. The summed E-state index contributed by atoms with van der Waals surface area (Å²) in [5.41, 5.74) is 3.49. The molecule has 1 aliphatic rings. The molecule has 1 atom stereocenters. The predicted molar refractivity (Wildman–Crippen MR) is 130 cm³/mol. The first-order valence-corrected chi connectivity index (χ1v) is 13.6. The molecule has 0 aliphatic carbocycles. The lowest BCUT2D eigenvalue weighted by Crippen LogP contribution is -2.27. The van der Waals surface area contributed by atoms with Crippen molar-refractivity contribution in [3.05, 3.63) is 95.6 Å². The second kappa shape index (κ2) is 8.99. The molecule has 1 N–H and O–H groups in total. The molecule has 1 heterocycles. The number of nitrogens with one attached hydrogen (secondary N) is 1. The van der Waals surface area contributed by atoms with Gasteiger partial charge < -0.3 is 0 Å². The topological polar surface area (TPSA) is 95.9 Å². The monoisotopic (exact) mass is 483 g/mol. The van der Waals surface area contributed by atoms with E-state index in [1.165, 1.54) is 4.41 Å². The average molecular weight is 484 g/mol. The van der Waals surface area contributed by atoms with Crippen LogP contribution in [0, 0.1) is 6.92 Å². The fraction of sp³-hybridized carbons (Fsp3) is 0.208. The maximum Gasteiger partial charge on any atom is 0.279 e. The number of hydrazone groups is 1. The molecule has 4 rings (SSSR count). The molecule has 172 valence electrons. The van der Waals surface area contributed by atoms with Gasteiger partial charge in [-0.25, -0.2) is 8.42 Å². The molecule has 7 nitrogen and oxygen atoms in total. The van der Waals surface area contributed by atoms with Crippen LogP contribution in [-0.4, -0.2) is 32.7 Å². The SMILES string of the molecule is CCS(=O)(=O)Nc1cccc(C2=NN(S(=O)(=O)c3ccccc3)[C@@H](c3ccccc3C)C2)c1. The van der Waals surface area contributed by atoms with Gasteiger partial charge in [0.05, 0.1) is 22.4 Å². The minimum atomic E-state index is -3.90. The number of aryl methyl sites for hydroxylation is 1. The van der Waals surface area contributed by atoms with Crippen LogP contribution in [0.2, 0.25) is 0 Å². The highest BCUT2D eigenvalue weighted by atomic mass is 32.2. The maximum absolute atomic E-state index is 13.5. The second-order valence-corrected chi connectivity index (χ2v) is 11.6. The summed E-state index contributed by atoms with van der Waals surface area (Å²) < 4.78 is 54.7. The molecule has 3 aromatic carbocycles. The Labute approximate surface area is 194 Å². The van der Waals surface area contributed by atoms with Crippen molar-refractivity contribution in [3.8, 4) is 0 Å². The molecule has 0 fully saturated rings. The van der Waals surface area contributed by atoms with E-state index in [0.29, 0.717) is 23.4 Å². The zero-order valence-electron chi connectivity index (χ0n) is 18.3. The molecule has 0 amide bonds. The Morgan fingerprint density at radius 1 is 0.939 bits per heavy atom. The fourth-order valence-corrected chi connectivity index (χ4v) is 5.87. The number of anilines is 1. The van der Waals surface area contributed by atoms with Crippen molar-refractivity contribution < 1.29 is 16.8 Å². The van der Waals surface area contributed by atoms with E-state index in [2.05, 4.69) is 9.82 Å². The Morgan fingerprint density at radius 2 is 1.64 bits per heavy atom. The Balaban J connectivity index is 1.78. The Hall–Kier alpha value is -3.17. The van der Waals surface area contributed by atoms with E-state index in [0.717, 1.165) is 11.1 Å². The predicted octanol–water partition coefficient (Wildman–Crippen LogP) is 4.30. The van der Waals surface area contributed by atoms with E-state index in [1.54, 1.807) is 61.5 Å². The molecule has 0 radical (unpaired) electrons. The summed E-state index contributed by atoms with van der Waals surface area (Å²) in [6, 6.07) is 22.2. The Morgan fingerprint density at radius 3 is 2.33 bits per heavy atom. The highest BCUT2D eigenvalue weighted by Gasteiger charge is 2.38. The van der Waals surface area contributed by atoms with E-state index in [4.69, 9.17) is 0 Å². The summed E-state index contributed by atoms with van der Waals surface area (Å²) in [6.07, 6.45) is 0.362. The second-order valence-electron chi connectivity index (χ2n) is 7.80. The standard InChI is InChI=1S/C24H25N3O4S2/c1-3-32(28,29)26-20-12-9-11-19(16-20)23-17-24(22-15-8-7-10-18(22)2)27(25-23)33(30,31)21-13-5-4-6-14-21/h4-16,24,26H,3,17H2,1-2H3/t24-/m1/s1. The number of benzene rings is 3. The highest BCUT2D eigenvalue weighted by Crippen LogP contribution is 2.38. The van der Waals surface area contributed by atoms with Crippen LogP contribution >= 0.6 is 0 Å². The number of hydrogen-bond acceptors (Lipinski definition) is 5. The van der Waals surface area contributed by atoms with Crippen molar-refractivity contribution in [3.63, 3.8) is 0 Å². The first-order chi connectivity index (χ1) is 15.7. The molecule has 0 saturated heterocycles. The normalized spacial score (nSPS) is 16.5. The summed E-state index contributed by atoms with van der Waals surface area (Å²) in [7, 11) is -7.34. The van der Waals surface area contributed by atoms with Gasteiger partial charge in [-0.3, -0.25) is 4.72 Å². The highest BCUT2D eigenvalue weighted by molar-refractivity contribution is 7.92. The third-order valence-electron chi connectivity index (χ3n) is 5.56. The smallest absolute Gasteiger partial charge is 0.279 e. The molecule has 3 aromatic rings. The van der Waals surface area contributed by atoms with Crippen LogP contribution in [0.25, 0.3) is 0 Å². The van der Waals surface area contributed by atoms with Gasteiger partial charge in [-0.1, -0.05) is 54.6 Å². The van der Waals surface area contributed by atoms with Gasteiger partial charge in [0.1, 0.15) is 0 Å². The molecule has 0 saturated carbocycles. The first kappa shape index (κ1) is 23.0. The van der Waals surface area contributed by atoms with Crippen molar-refractivity contribution in [2.24, 2.45) is 5.10 Å². The summed E-state index contributed by atoms with van der Waals surface area (Å²) >= 11 is 0. The van der Waals surface area contributed by atoms with E-state index in [9.17, 15) is 16.8 Å². The van der Waals surface area contributed by atoms with Crippen molar-refractivity contribution in [2.75, 3.05) is 10.5 Å². The first-order valence-electron chi connectivity index (χ1n) is 10.5. The molecular weight excluding hydrogens is 458 g/mol. The molecule has 9 heteroatoms. The van der Waals surface area contributed by atoms with Gasteiger partial charge in [0.25, 0.3) is 10.0 Å². The van der Waals surface area contributed by atoms with Gasteiger partial charge in [0.15, 0.2) is 0 Å². The van der Waals surface area contributed by atoms with Crippen molar-refractivity contribution >= 4 is 31.4 Å². The van der Waals surface area contributed by atoms with Gasteiger partial charge in [0.2, 0.25) is 10.0 Å². The van der Waals surface area contributed by atoms with Crippen molar-refractivity contribution in [1.82, 2.24) is 4.41 Å². The number of nitrogens with zero attached hydrogens (tertiary/aromatic N) is 2. The Bertz CT molecular complexity index is 1400. The molecule has 0 unspecified atom stereocenters. The van der Waals surface area contributed by atoms with Crippen LogP contribution in [0.3, 0.4) is 0 Å². The quantitative estimate of drug-likeness (QED) is 0.542. The third kappa shape index (κ3) is 4.79. The number of sulfonamides is 2. The van der Waals surface area contributed by atoms with Crippen LogP contribution in [0.5, 0.6) is 0 Å². The lowest BCUT2D eigenvalue weighted by molar-refractivity contribution is 0.370. The van der Waals surface area contributed by atoms with Crippen LogP contribution in [0.15, 0.2) is 88.9 Å².